The first-order chi connectivity index (χ1) is 29.8. The molecule has 1 amide bonds. The van der Waals surface area contributed by atoms with Crippen LogP contribution in [0.25, 0.3) is 11.0 Å². The molecule has 17 heteroatoms. The lowest BCUT2D eigenvalue weighted by molar-refractivity contribution is -0.0409. The van der Waals surface area contributed by atoms with E-state index in [-0.39, 0.29) is 40.9 Å². The summed E-state index contributed by atoms with van der Waals surface area (Å²) >= 11 is 0. The minimum Gasteiger partial charge on any atom is -0.497 e. The van der Waals surface area contributed by atoms with E-state index in [0.717, 1.165) is 56.2 Å². The number of carbonyl (C=O) groups is 1. The van der Waals surface area contributed by atoms with Gasteiger partial charge >= 0.3 is 6.09 Å². The van der Waals surface area contributed by atoms with Crippen molar-refractivity contribution in [2.24, 2.45) is 0 Å². The van der Waals surface area contributed by atoms with Crippen molar-refractivity contribution >= 4 is 44.4 Å². The van der Waals surface area contributed by atoms with Crippen LogP contribution in [0.5, 0.6) is 23.0 Å². The highest BCUT2D eigenvalue weighted by molar-refractivity contribution is 7.93. The second kappa shape index (κ2) is 17.6. The van der Waals surface area contributed by atoms with Crippen molar-refractivity contribution in [2.45, 2.75) is 101 Å². The molecule has 2 aromatic heterocycles. The van der Waals surface area contributed by atoms with Crippen molar-refractivity contribution in [3.63, 3.8) is 0 Å². The Labute approximate surface area is 362 Å². The van der Waals surface area contributed by atoms with E-state index in [2.05, 4.69) is 16.5 Å². The highest BCUT2D eigenvalue weighted by Crippen LogP contribution is 2.46. The quantitative estimate of drug-likeness (QED) is 0.112. The van der Waals surface area contributed by atoms with E-state index in [4.69, 9.17) is 38.0 Å². The molecule has 8 rings (SSSR count). The maximum Gasteiger partial charge on any atom is 0.410 e. The number of aromatic nitrogens is 3. The lowest BCUT2D eigenvalue weighted by atomic mass is 9.90. The van der Waals surface area contributed by atoms with E-state index < -0.39 is 21.7 Å². The molecule has 0 bridgehead atoms. The molecule has 2 atom stereocenters. The molecule has 2 aliphatic heterocycles. The van der Waals surface area contributed by atoms with E-state index in [1.165, 1.54) is 18.5 Å². The van der Waals surface area contributed by atoms with Gasteiger partial charge in [-0.05, 0) is 107 Å². The highest BCUT2D eigenvalue weighted by Gasteiger charge is 2.38. The van der Waals surface area contributed by atoms with Gasteiger partial charge in [-0.15, -0.1) is 0 Å². The predicted octanol–water partition coefficient (Wildman–Crippen LogP) is 8.89. The largest absolute Gasteiger partial charge is 0.497 e. The predicted molar refractivity (Wildman–Crippen MR) is 233 cm³/mol. The standard InChI is InChI=1S/C45H56N6O10S/c1-45(2,3)60-44(52)49-19-10-11-30(27-49)31-21-38(57-6)42(39(22-31)58-7)62(53,54)50(26-28-13-17-32(55-4)18-14-28)43-33-23-37(56-5)34(24-36(33)61-48-43)46-40-25-35(29-15-16-29)51(47-40)41-12-8-9-20-59-41/h13-14,17-18,21-25,29-30,41H,8-12,15-16,19-20,26-27H2,1-7H3,(H,46,47). The van der Waals surface area contributed by atoms with Gasteiger partial charge in [-0.3, -0.25) is 0 Å². The Morgan fingerprint density at radius 3 is 2.23 bits per heavy atom. The Kier molecular flexibility index (Phi) is 12.2. The third-order valence-corrected chi connectivity index (χ3v) is 13.3. The van der Waals surface area contributed by atoms with Crippen LogP contribution in [-0.2, 0) is 26.0 Å². The monoisotopic (exact) mass is 872 g/mol. The first-order valence-corrected chi connectivity index (χ1v) is 22.6. The molecule has 0 spiro atoms. The third kappa shape index (κ3) is 8.96. The summed E-state index contributed by atoms with van der Waals surface area (Å²) in [6.45, 7) is 7.02. The van der Waals surface area contributed by atoms with Crippen molar-refractivity contribution in [1.29, 1.82) is 0 Å². The first-order valence-electron chi connectivity index (χ1n) is 21.1. The van der Waals surface area contributed by atoms with Crippen LogP contribution in [0.4, 0.5) is 22.1 Å². The van der Waals surface area contributed by atoms with Gasteiger partial charge in [-0.25, -0.2) is 22.2 Å². The fourth-order valence-corrected chi connectivity index (χ4v) is 9.94. The minimum atomic E-state index is -4.54. The summed E-state index contributed by atoms with van der Waals surface area (Å²) in [6.07, 6.45) is 6.27. The topological polar surface area (TPSA) is 169 Å². The fourth-order valence-electron chi connectivity index (χ4n) is 8.25. The minimum absolute atomic E-state index is 0.0314. The number of anilines is 3. The molecule has 2 unspecified atom stereocenters. The summed E-state index contributed by atoms with van der Waals surface area (Å²) in [5, 5.41) is 13.1. The number of likely N-dealkylation sites (tertiary alicyclic amines) is 1. The van der Waals surface area contributed by atoms with E-state index in [1.807, 2.05) is 25.5 Å². The number of piperidine rings is 1. The van der Waals surface area contributed by atoms with Gasteiger partial charge < -0.3 is 43.2 Å². The zero-order valence-corrected chi connectivity index (χ0v) is 37.2. The number of hydrogen-bond acceptors (Lipinski definition) is 13. The molecule has 3 fully saturated rings. The highest BCUT2D eigenvalue weighted by atomic mass is 32.2. The van der Waals surface area contributed by atoms with Crippen LogP contribution in [0.1, 0.15) is 101 Å². The summed E-state index contributed by atoms with van der Waals surface area (Å²) < 4.78 is 74.6. The number of benzene rings is 3. The lowest BCUT2D eigenvalue weighted by Gasteiger charge is -2.34. The molecular formula is C45H56N6O10S. The summed E-state index contributed by atoms with van der Waals surface area (Å²) in [5.74, 6) is 2.18. The molecule has 3 aromatic carbocycles. The van der Waals surface area contributed by atoms with E-state index in [0.29, 0.717) is 65.2 Å². The number of carbonyl (C=O) groups excluding carboxylic acids is 1. The number of ether oxygens (including phenoxy) is 6. The Morgan fingerprint density at radius 1 is 0.871 bits per heavy atom. The third-order valence-electron chi connectivity index (χ3n) is 11.5. The molecule has 3 aliphatic rings. The van der Waals surface area contributed by atoms with Gasteiger partial charge in [-0.1, -0.05) is 17.3 Å². The average Bonchev–Trinajstić information content (AvgIpc) is 3.92. The summed E-state index contributed by atoms with van der Waals surface area (Å²) in [4.78, 5) is 14.6. The van der Waals surface area contributed by atoms with Crippen molar-refractivity contribution in [3.05, 3.63) is 71.4 Å². The van der Waals surface area contributed by atoms with Crippen LogP contribution >= 0.6 is 0 Å². The number of amides is 1. The molecule has 1 saturated carbocycles. The van der Waals surface area contributed by atoms with Crippen molar-refractivity contribution in [1.82, 2.24) is 19.8 Å². The van der Waals surface area contributed by atoms with Crippen LogP contribution in [0.2, 0.25) is 0 Å². The molecule has 1 aliphatic carbocycles. The number of hydrogen-bond donors (Lipinski definition) is 1. The molecular weight excluding hydrogens is 817 g/mol. The zero-order chi connectivity index (χ0) is 43.8. The van der Waals surface area contributed by atoms with Gasteiger partial charge in [0.05, 0.1) is 46.1 Å². The number of rotatable bonds is 14. The number of nitrogens with one attached hydrogen (secondary N) is 1. The second-order valence-corrected chi connectivity index (χ2v) is 18.9. The fraction of sp³-hybridized carbons (Fsp3) is 0.489. The van der Waals surface area contributed by atoms with E-state index in [9.17, 15) is 4.79 Å². The van der Waals surface area contributed by atoms with Crippen molar-refractivity contribution in [3.8, 4) is 23.0 Å². The first kappa shape index (κ1) is 43.0. The molecule has 2 saturated heterocycles. The molecule has 0 radical (unpaired) electrons. The maximum absolute atomic E-state index is 15.3. The molecule has 1 N–H and O–H groups in total. The van der Waals surface area contributed by atoms with E-state index >= 15 is 8.42 Å². The van der Waals surface area contributed by atoms with Gasteiger partial charge in [0.15, 0.2) is 28.3 Å². The smallest absolute Gasteiger partial charge is 0.410 e. The second-order valence-electron chi connectivity index (χ2n) is 17.1. The Morgan fingerprint density at radius 2 is 1.60 bits per heavy atom. The van der Waals surface area contributed by atoms with Gasteiger partial charge in [0.1, 0.15) is 28.6 Å². The van der Waals surface area contributed by atoms with Crippen LogP contribution in [-0.4, -0.2) is 88.1 Å². The Hall–Kier alpha value is -5.68. The summed E-state index contributed by atoms with van der Waals surface area (Å²) in [7, 11) is 1.42. The average molecular weight is 873 g/mol. The normalized spacial score (nSPS) is 18.3. The van der Waals surface area contributed by atoms with Gasteiger partial charge in [0.2, 0.25) is 0 Å². The van der Waals surface area contributed by atoms with Crippen LogP contribution in [0.3, 0.4) is 0 Å². The van der Waals surface area contributed by atoms with Crippen molar-refractivity contribution in [2.75, 3.05) is 57.8 Å². The maximum atomic E-state index is 15.3. The van der Waals surface area contributed by atoms with Crippen LogP contribution in [0, 0.1) is 0 Å². The van der Waals surface area contributed by atoms with Crippen LogP contribution < -0.4 is 28.6 Å². The number of methoxy groups -OCH3 is 4. The number of sulfonamides is 1. The van der Waals surface area contributed by atoms with E-state index in [1.54, 1.807) is 67.7 Å². The molecule has 62 heavy (non-hydrogen) atoms. The number of fused-ring (bicyclic) bond motifs is 1. The summed E-state index contributed by atoms with van der Waals surface area (Å²) in [5.41, 5.74) is 2.80. The Balaban J connectivity index is 1.16. The van der Waals surface area contributed by atoms with Gasteiger partial charge in [-0.2, -0.15) is 5.10 Å². The summed E-state index contributed by atoms with van der Waals surface area (Å²) in [6, 6.07) is 16.0. The van der Waals surface area contributed by atoms with Crippen LogP contribution in [0.15, 0.2) is 64.0 Å². The molecule has 332 valence electrons. The molecule has 5 aromatic rings. The van der Waals surface area contributed by atoms with Crippen molar-refractivity contribution < 1.29 is 46.2 Å². The lowest BCUT2D eigenvalue weighted by Crippen LogP contribution is -2.42. The zero-order valence-electron chi connectivity index (χ0n) is 36.4. The van der Waals surface area contributed by atoms with Gasteiger partial charge in [0.25, 0.3) is 10.0 Å². The van der Waals surface area contributed by atoms with Gasteiger partial charge in [0, 0.05) is 49.4 Å². The number of nitrogens with zero attached hydrogens (tertiary/aromatic N) is 5. The SMILES string of the molecule is COc1ccc(CN(c2noc3cc(Nc4cc(C5CC5)n(C5CCCCO5)n4)c(OC)cc23)S(=O)(=O)c2c(OC)cc(C3CCCN(C(=O)OC(C)(C)C)C3)cc2OC)cc1. The Bertz CT molecular complexity index is 2480. The molecule has 4 heterocycles. The molecule has 16 nitrogen and oxygen atoms in total.